The maximum atomic E-state index is 12.7. The van der Waals surface area contributed by atoms with E-state index < -0.39 is 0 Å². The molecule has 162 valence electrons. The number of allylic oxidation sites excluding steroid dienone is 1. The van der Waals surface area contributed by atoms with Gasteiger partial charge in [0.05, 0.1) is 5.69 Å². The third-order valence-corrected chi connectivity index (χ3v) is 6.46. The number of benzene rings is 1. The third-order valence-electron chi connectivity index (χ3n) is 5.42. The number of hydrogen-bond acceptors (Lipinski definition) is 5. The number of alkyl halides is 1. The summed E-state index contributed by atoms with van der Waals surface area (Å²) in [5.41, 5.74) is 5.41. The van der Waals surface area contributed by atoms with Crippen LogP contribution in [0, 0.1) is 13.8 Å². The zero-order valence-corrected chi connectivity index (χ0v) is 18.6. The smallest absolute Gasteiger partial charge is 0.258 e. The molecular formula is C24H26FN3O2S. The Kier molecular flexibility index (Phi) is 6.63. The Labute approximate surface area is 185 Å². The minimum absolute atomic E-state index is 0.106. The van der Waals surface area contributed by atoms with Crippen LogP contribution in [0.3, 0.4) is 0 Å². The van der Waals surface area contributed by atoms with Gasteiger partial charge in [0.1, 0.15) is 24.0 Å². The van der Waals surface area contributed by atoms with E-state index in [2.05, 4.69) is 28.5 Å². The van der Waals surface area contributed by atoms with E-state index >= 15 is 0 Å². The number of aromatic nitrogens is 2. The molecule has 2 aromatic heterocycles. The molecule has 0 aliphatic heterocycles. The third kappa shape index (κ3) is 5.11. The quantitative estimate of drug-likeness (QED) is 0.525. The Morgan fingerprint density at radius 1 is 1.23 bits per heavy atom. The summed E-state index contributed by atoms with van der Waals surface area (Å²) >= 11 is 1.61. The zero-order chi connectivity index (χ0) is 21.8. The Morgan fingerprint density at radius 2 is 2.10 bits per heavy atom. The fraction of sp³-hybridized carbons (Fsp3) is 0.333. The van der Waals surface area contributed by atoms with Crippen molar-refractivity contribution in [3.05, 3.63) is 79.2 Å². The molecule has 0 atom stereocenters. The van der Waals surface area contributed by atoms with Gasteiger partial charge in [0.2, 0.25) is 0 Å². The molecule has 0 spiro atoms. The average Bonchev–Trinajstić information content (AvgIpc) is 3.09. The van der Waals surface area contributed by atoms with Gasteiger partial charge in [-0.05, 0) is 55.5 Å². The number of hydrogen-bond donors (Lipinski definition) is 1. The van der Waals surface area contributed by atoms with Crippen molar-refractivity contribution in [3.63, 3.8) is 0 Å². The molecule has 0 unspecified atom stereocenters. The molecule has 0 fully saturated rings. The van der Waals surface area contributed by atoms with E-state index in [-0.39, 0.29) is 12.2 Å². The van der Waals surface area contributed by atoms with Gasteiger partial charge in [0.25, 0.3) is 5.56 Å². The number of rotatable bonds is 8. The van der Waals surface area contributed by atoms with Gasteiger partial charge in [-0.2, -0.15) is 0 Å². The van der Waals surface area contributed by atoms with Crippen LogP contribution in [0.25, 0.3) is 11.8 Å². The molecule has 0 bridgehead atoms. The highest BCUT2D eigenvalue weighted by molar-refractivity contribution is 7.11. The molecule has 2 heterocycles. The van der Waals surface area contributed by atoms with Crippen molar-refractivity contribution in [1.82, 2.24) is 14.9 Å². The second-order valence-electron chi connectivity index (χ2n) is 7.64. The molecule has 31 heavy (non-hydrogen) atoms. The molecule has 1 N–H and O–H groups in total. The lowest BCUT2D eigenvalue weighted by molar-refractivity contribution is 0.304. The van der Waals surface area contributed by atoms with Crippen LogP contribution in [-0.2, 0) is 19.6 Å². The van der Waals surface area contributed by atoms with Crippen molar-refractivity contribution in [2.75, 3.05) is 13.2 Å². The van der Waals surface area contributed by atoms with Crippen LogP contribution in [-0.4, -0.2) is 22.8 Å². The highest BCUT2D eigenvalue weighted by Crippen LogP contribution is 2.27. The monoisotopic (exact) mass is 439 g/mol. The van der Waals surface area contributed by atoms with Gasteiger partial charge in [0, 0.05) is 35.9 Å². The van der Waals surface area contributed by atoms with Crippen molar-refractivity contribution in [2.45, 2.75) is 39.8 Å². The first-order chi connectivity index (χ1) is 15.0. The summed E-state index contributed by atoms with van der Waals surface area (Å²) in [5.74, 6) is 0.550. The van der Waals surface area contributed by atoms with Gasteiger partial charge >= 0.3 is 0 Å². The van der Waals surface area contributed by atoms with Crippen LogP contribution in [0.5, 0.6) is 5.75 Å². The van der Waals surface area contributed by atoms with Gasteiger partial charge in [-0.15, -0.1) is 11.3 Å². The van der Waals surface area contributed by atoms with Crippen LogP contribution >= 0.6 is 11.3 Å². The van der Waals surface area contributed by atoms with Crippen molar-refractivity contribution in [3.8, 4) is 5.75 Å². The molecule has 1 aromatic carbocycles. The summed E-state index contributed by atoms with van der Waals surface area (Å²) in [6.45, 7) is 5.05. The Hall–Kier alpha value is -2.77. The summed E-state index contributed by atoms with van der Waals surface area (Å²) in [7, 11) is 0. The second-order valence-corrected chi connectivity index (χ2v) is 8.93. The first-order valence-corrected chi connectivity index (χ1v) is 11.2. The number of nitrogens with one attached hydrogen (secondary N) is 1. The lowest BCUT2D eigenvalue weighted by Crippen LogP contribution is -2.20. The summed E-state index contributed by atoms with van der Waals surface area (Å²) < 4.78 is 19.7. The number of pyridine rings is 1. The Balaban J connectivity index is 1.46. The van der Waals surface area contributed by atoms with Crippen molar-refractivity contribution in [2.24, 2.45) is 0 Å². The molecule has 1 aliphatic rings. The van der Waals surface area contributed by atoms with Gasteiger partial charge in [-0.1, -0.05) is 18.2 Å². The molecule has 7 heteroatoms. The molecule has 0 saturated carbocycles. The first-order valence-electron chi connectivity index (χ1n) is 10.4. The zero-order valence-electron chi connectivity index (χ0n) is 17.8. The predicted molar refractivity (Wildman–Crippen MR) is 123 cm³/mol. The number of ether oxygens (including phenoxy) is 1. The minimum Gasteiger partial charge on any atom is -0.486 e. The molecule has 1 aliphatic carbocycles. The standard InChI is InChI=1S/C24H26FN3O2S/c1-16-17(2)31-23(27-16)15-30-22-7-10-28(24(29)13-22)21-6-5-19-11-18(14-26-9-8-25)3-4-20(19)12-21/h3-4,7,10-13,26H,5-6,8-9,14-15H2,1-2H3. The van der Waals surface area contributed by atoms with E-state index in [0.717, 1.165) is 40.4 Å². The van der Waals surface area contributed by atoms with Gasteiger partial charge in [-0.3, -0.25) is 9.36 Å². The number of halogens is 1. The summed E-state index contributed by atoms with van der Waals surface area (Å²) in [4.78, 5) is 18.4. The van der Waals surface area contributed by atoms with Crippen molar-refractivity contribution in [1.29, 1.82) is 0 Å². The topological polar surface area (TPSA) is 56.1 Å². The van der Waals surface area contributed by atoms with E-state index in [9.17, 15) is 9.18 Å². The molecule has 5 nitrogen and oxygen atoms in total. The molecule has 4 rings (SSSR count). The van der Waals surface area contributed by atoms with E-state index in [4.69, 9.17) is 4.74 Å². The van der Waals surface area contributed by atoms with E-state index in [1.807, 2.05) is 26.0 Å². The predicted octanol–water partition coefficient (Wildman–Crippen LogP) is 4.50. The largest absolute Gasteiger partial charge is 0.486 e. The number of fused-ring (bicyclic) bond motifs is 1. The Bertz CT molecular complexity index is 1150. The Morgan fingerprint density at radius 3 is 2.84 bits per heavy atom. The van der Waals surface area contributed by atoms with E-state index in [0.29, 0.717) is 25.4 Å². The number of aryl methyl sites for hydroxylation is 3. The van der Waals surface area contributed by atoms with Gasteiger partial charge in [-0.25, -0.2) is 9.37 Å². The number of thiazole rings is 1. The summed E-state index contributed by atoms with van der Waals surface area (Å²) in [6, 6.07) is 9.64. The lowest BCUT2D eigenvalue weighted by atomic mass is 9.93. The summed E-state index contributed by atoms with van der Waals surface area (Å²) in [5, 5.41) is 3.99. The average molecular weight is 440 g/mol. The molecule has 0 amide bonds. The highest BCUT2D eigenvalue weighted by atomic mass is 32.1. The van der Waals surface area contributed by atoms with Gasteiger partial charge in [0.15, 0.2) is 0 Å². The second kappa shape index (κ2) is 9.58. The van der Waals surface area contributed by atoms with Crippen LogP contribution in [0.2, 0.25) is 0 Å². The van der Waals surface area contributed by atoms with Gasteiger partial charge < -0.3 is 10.1 Å². The lowest BCUT2D eigenvalue weighted by Gasteiger charge is -2.19. The SMILES string of the molecule is Cc1nc(COc2ccn(C3=Cc4ccc(CNCCF)cc4CC3)c(=O)c2)sc1C. The maximum absolute atomic E-state index is 12.7. The highest BCUT2D eigenvalue weighted by Gasteiger charge is 2.14. The minimum atomic E-state index is -0.361. The molecule has 3 aromatic rings. The van der Waals surface area contributed by atoms with Crippen molar-refractivity contribution >= 4 is 23.1 Å². The van der Waals surface area contributed by atoms with E-state index in [1.54, 1.807) is 22.1 Å². The summed E-state index contributed by atoms with van der Waals surface area (Å²) in [6.07, 6.45) is 5.50. The first kappa shape index (κ1) is 21.5. The van der Waals surface area contributed by atoms with E-state index in [1.165, 1.54) is 16.5 Å². The normalized spacial score (nSPS) is 13.1. The van der Waals surface area contributed by atoms with Crippen LogP contribution < -0.4 is 15.6 Å². The van der Waals surface area contributed by atoms with Crippen LogP contribution in [0.15, 0.2) is 41.3 Å². The molecular weight excluding hydrogens is 413 g/mol. The maximum Gasteiger partial charge on any atom is 0.258 e. The molecule has 0 saturated heterocycles. The van der Waals surface area contributed by atoms with Crippen LogP contribution in [0.4, 0.5) is 4.39 Å². The molecule has 0 radical (unpaired) electrons. The fourth-order valence-corrected chi connectivity index (χ4v) is 4.51. The fourth-order valence-electron chi connectivity index (χ4n) is 3.66. The van der Waals surface area contributed by atoms with Crippen LogP contribution in [0.1, 0.15) is 38.7 Å². The number of nitrogens with zero attached hydrogens (tertiary/aromatic N) is 2. The van der Waals surface area contributed by atoms with Crippen molar-refractivity contribution < 1.29 is 9.13 Å².